The van der Waals surface area contributed by atoms with Crippen molar-refractivity contribution in [3.05, 3.63) is 64.1 Å². The first-order chi connectivity index (χ1) is 14.1. The first-order valence-corrected chi connectivity index (χ1v) is 10.4. The number of benzene rings is 1. The van der Waals surface area contributed by atoms with Gasteiger partial charge in [0.1, 0.15) is 0 Å². The number of fused-ring (bicyclic) bond motifs is 5. The Labute approximate surface area is 169 Å². The third kappa shape index (κ3) is 3.42. The van der Waals surface area contributed by atoms with Gasteiger partial charge in [0.15, 0.2) is 5.78 Å². The van der Waals surface area contributed by atoms with Crippen molar-refractivity contribution in [2.75, 3.05) is 31.1 Å². The van der Waals surface area contributed by atoms with Crippen LogP contribution in [-0.2, 0) is 22.6 Å². The lowest BCUT2D eigenvalue weighted by molar-refractivity contribution is -0.127. The summed E-state index contributed by atoms with van der Waals surface area (Å²) in [6, 6.07) is 13.4. The number of nitrogens with zero attached hydrogens (tertiary/aromatic N) is 3. The molecular weight excluding hydrogens is 366 g/mol. The summed E-state index contributed by atoms with van der Waals surface area (Å²) in [5.74, 6) is 0.541. The van der Waals surface area contributed by atoms with Crippen LogP contribution in [0.25, 0.3) is 0 Å². The van der Waals surface area contributed by atoms with Crippen molar-refractivity contribution in [2.45, 2.75) is 31.7 Å². The fraction of sp³-hybridized carbons (Fsp3) is 0.435. The number of hydrogen-bond acceptors (Lipinski definition) is 4. The van der Waals surface area contributed by atoms with Crippen molar-refractivity contribution >= 4 is 17.4 Å². The summed E-state index contributed by atoms with van der Waals surface area (Å²) < 4.78 is 1.90. The summed E-state index contributed by atoms with van der Waals surface area (Å²) in [4.78, 5) is 41.4. The van der Waals surface area contributed by atoms with Crippen molar-refractivity contribution < 1.29 is 9.59 Å². The molecule has 0 radical (unpaired) electrons. The molecule has 1 amide bonds. The first-order valence-electron chi connectivity index (χ1n) is 10.4. The van der Waals surface area contributed by atoms with Crippen LogP contribution in [-0.4, -0.2) is 47.3 Å². The molecular formula is C23H25N3O3. The van der Waals surface area contributed by atoms with E-state index in [0.717, 1.165) is 43.9 Å². The van der Waals surface area contributed by atoms with E-state index in [-0.39, 0.29) is 29.6 Å². The van der Waals surface area contributed by atoms with E-state index >= 15 is 0 Å². The first kappa shape index (κ1) is 18.3. The lowest BCUT2D eigenvalue weighted by Gasteiger charge is -2.42. The van der Waals surface area contributed by atoms with Crippen LogP contribution < -0.4 is 10.5 Å². The highest BCUT2D eigenvalue weighted by atomic mass is 16.2. The van der Waals surface area contributed by atoms with Gasteiger partial charge in [-0.25, -0.2) is 0 Å². The van der Waals surface area contributed by atoms with Gasteiger partial charge in [0, 0.05) is 49.5 Å². The van der Waals surface area contributed by atoms with Crippen LogP contribution in [0.4, 0.5) is 5.69 Å². The van der Waals surface area contributed by atoms with Crippen LogP contribution in [0.5, 0.6) is 0 Å². The molecule has 1 saturated heterocycles. The second kappa shape index (κ2) is 7.26. The minimum absolute atomic E-state index is 0.0233. The standard InChI is InChI=1S/C23H25N3O3/c27-19(11-23(29)25-9-8-17-4-1-2-5-20(17)25)15-24-12-16-10-18(14-24)21-6-3-7-22(28)26(21)13-16/h1-7,16,18H,8-15H2. The van der Waals surface area contributed by atoms with E-state index in [2.05, 4.69) is 4.90 Å². The van der Waals surface area contributed by atoms with Crippen molar-refractivity contribution in [2.24, 2.45) is 5.92 Å². The van der Waals surface area contributed by atoms with Crippen molar-refractivity contribution in [3.63, 3.8) is 0 Å². The minimum atomic E-state index is -0.103. The molecule has 6 heteroatoms. The predicted molar refractivity (Wildman–Crippen MR) is 110 cm³/mol. The monoisotopic (exact) mass is 391 g/mol. The number of aromatic nitrogens is 1. The molecule has 1 aromatic heterocycles. The molecule has 3 aliphatic heterocycles. The number of hydrogen-bond donors (Lipinski definition) is 0. The topological polar surface area (TPSA) is 62.6 Å². The van der Waals surface area contributed by atoms with E-state index in [1.165, 1.54) is 5.56 Å². The summed E-state index contributed by atoms with van der Waals surface area (Å²) in [5.41, 5.74) is 3.26. The quantitative estimate of drug-likeness (QED) is 0.746. The molecule has 1 aromatic carbocycles. The largest absolute Gasteiger partial charge is 0.312 e. The van der Waals surface area contributed by atoms with Crippen molar-refractivity contribution in [1.29, 1.82) is 0 Å². The Bertz CT molecular complexity index is 1030. The number of Topliss-reactive ketones (excluding diaryl/α,β-unsaturated/α-hetero) is 1. The number of rotatable bonds is 4. The number of carbonyl (C=O) groups excluding carboxylic acids is 2. The Kier molecular flexibility index (Phi) is 4.59. The number of pyridine rings is 1. The van der Waals surface area contributed by atoms with Gasteiger partial charge in [-0.05, 0) is 36.5 Å². The zero-order valence-electron chi connectivity index (χ0n) is 16.4. The van der Waals surface area contributed by atoms with Gasteiger partial charge in [0.2, 0.25) is 5.91 Å². The van der Waals surface area contributed by atoms with Crippen molar-refractivity contribution in [3.8, 4) is 0 Å². The Balaban J connectivity index is 1.22. The maximum atomic E-state index is 12.7. The average Bonchev–Trinajstić information content (AvgIpc) is 3.13. The Morgan fingerprint density at radius 1 is 1.00 bits per heavy atom. The molecule has 29 heavy (non-hydrogen) atoms. The number of ketones is 1. The number of para-hydroxylation sites is 1. The number of likely N-dealkylation sites (tertiary alicyclic amines) is 1. The van der Waals surface area contributed by atoms with E-state index in [1.54, 1.807) is 11.0 Å². The van der Waals surface area contributed by atoms with Gasteiger partial charge < -0.3 is 9.47 Å². The predicted octanol–water partition coefficient (Wildman–Crippen LogP) is 1.82. The molecule has 150 valence electrons. The van der Waals surface area contributed by atoms with Crippen LogP contribution in [0.15, 0.2) is 47.3 Å². The van der Waals surface area contributed by atoms with Gasteiger partial charge in [-0.15, -0.1) is 0 Å². The van der Waals surface area contributed by atoms with Crippen LogP contribution in [0.2, 0.25) is 0 Å². The van der Waals surface area contributed by atoms with E-state index < -0.39 is 0 Å². The molecule has 4 heterocycles. The van der Waals surface area contributed by atoms with Gasteiger partial charge in [-0.3, -0.25) is 19.3 Å². The van der Waals surface area contributed by atoms with E-state index in [1.807, 2.05) is 41.0 Å². The summed E-state index contributed by atoms with van der Waals surface area (Å²) in [6.07, 6.45) is 1.87. The highest BCUT2D eigenvalue weighted by Crippen LogP contribution is 2.35. The lowest BCUT2D eigenvalue weighted by atomic mass is 9.83. The third-order valence-electron chi connectivity index (χ3n) is 6.49. The molecule has 6 nitrogen and oxygen atoms in total. The maximum absolute atomic E-state index is 12.7. The fourth-order valence-electron chi connectivity index (χ4n) is 5.29. The van der Waals surface area contributed by atoms with E-state index in [0.29, 0.717) is 19.0 Å². The van der Waals surface area contributed by atoms with Crippen LogP contribution >= 0.6 is 0 Å². The summed E-state index contributed by atoms with van der Waals surface area (Å²) in [6.45, 7) is 3.27. The Morgan fingerprint density at radius 3 is 2.76 bits per heavy atom. The molecule has 5 rings (SSSR count). The van der Waals surface area contributed by atoms with E-state index in [4.69, 9.17) is 0 Å². The molecule has 2 unspecified atom stereocenters. The maximum Gasteiger partial charge on any atom is 0.250 e. The van der Waals surface area contributed by atoms with Crippen LogP contribution in [0.1, 0.15) is 30.0 Å². The summed E-state index contributed by atoms with van der Waals surface area (Å²) in [5, 5.41) is 0. The molecule has 3 aliphatic rings. The molecule has 2 bridgehead atoms. The zero-order chi connectivity index (χ0) is 20.0. The van der Waals surface area contributed by atoms with Gasteiger partial charge in [-0.2, -0.15) is 0 Å². The summed E-state index contributed by atoms with van der Waals surface area (Å²) >= 11 is 0. The van der Waals surface area contributed by atoms with Crippen LogP contribution in [0.3, 0.4) is 0 Å². The molecule has 0 saturated carbocycles. The van der Waals surface area contributed by atoms with Crippen LogP contribution in [0, 0.1) is 5.92 Å². The highest BCUT2D eigenvalue weighted by molar-refractivity contribution is 6.07. The van der Waals surface area contributed by atoms with Gasteiger partial charge >= 0.3 is 0 Å². The smallest absolute Gasteiger partial charge is 0.250 e. The normalized spacial score (nSPS) is 22.8. The SMILES string of the molecule is O=C(CC(=O)N1CCc2ccccc21)CN1CC2CC(C1)c1cccc(=O)n1C2. The number of anilines is 1. The van der Waals surface area contributed by atoms with E-state index in [9.17, 15) is 14.4 Å². The Morgan fingerprint density at radius 2 is 1.86 bits per heavy atom. The lowest BCUT2D eigenvalue weighted by Crippen LogP contribution is -2.48. The van der Waals surface area contributed by atoms with Gasteiger partial charge in [0.25, 0.3) is 5.56 Å². The highest BCUT2D eigenvalue weighted by Gasteiger charge is 2.35. The molecule has 0 N–H and O–H groups in total. The van der Waals surface area contributed by atoms with Gasteiger partial charge in [-0.1, -0.05) is 24.3 Å². The summed E-state index contributed by atoms with van der Waals surface area (Å²) in [7, 11) is 0. The number of amides is 1. The second-order valence-corrected chi connectivity index (χ2v) is 8.53. The molecule has 2 atom stereocenters. The second-order valence-electron chi connectivity index (χ2n) is 8.53. The molecule has 0 aliphatic carbocycles. The van der Waals surface area contributed by atoms with Crippen molar-refractivity contribution in [1.82, 2.24) is 9.47 Å². The third-order valence-corrected chi connectivity index (χ3v) is 6.49. The number of carbonyl (C=O) groups is 2. The Hall–Kier alpha value is -2.73. The zero-order valence-corrected chi connectivity index (χ0v) is 16.4. The number of piperidine rings is 1. The molecule has 0 spiro atoms. The molecule has 2 aromatic rings. The van der Waals surface area contributed by atoms with Gasteiger partial charge in [0.05, 0.1) is 13.0 Å². The molecule has 1 fully saturated rings. The minimum Gasteiger partial charge on any atom is -0.312 e. The average molecular weight is 391 g/mol. The fourth-order valence-corrected chi connectivity index (χ4v) is 5.29.